The number of carbonyl (C=O) groups excluding carboxylic acids is 1. The Hall–Kier alpha value is -1.88. The number of likely N-dealkylation sites (N-methyl/N-ethyl adjacent to an activating group) is 1. The first-order valence-corrected chi connectivity index (χ1v) is 6.75. The van der Waals surface area contributed by atoms with E-state index in [9.17, 15) is 14.7 Å². The van der Waals surface area contributed by atoms with Crippen LogP contribution in [0.2, 0.25) is 0 Å². The van der Waals surface area contributed by atoms with Crippen LogP contribution in [0.4, 0.5) is 5.69 Å². The van der Waals surface area contributed by atoms with Gasteiger partial charge < -0.3 is 10.0 Å². The molecule has 0 saturated carbocycles. The largest absolute Gasteiger partial charge is 0.480 e. The third kappa shape index (κ3) is 2.67. The SMILES string of the molecule is CN(C(=O)CN1CCCC1(C)C(=O)O)c1ccccc1. The van der Waals surface area contributed by atoms with Gasteiger partial charge in [0.25, 0.3) is 0 Å². The minimum atomic E-state index is -0.923. The van der Waals surface area contributed by atoms with E-state index in [0.29, 0.717) is 13.0 Å². The number of para-hydroxylation sites is 1. The molecule has 0 aliphatic carbocycles. The Morgan fingerprint density at radius 1 is 1.35 bits per heavy atom. The van der Waals surface area contributed by atoms with Crippen LogP contribution in [0.3, 0.4) is 0 Å². The van der Waals surface area contributed by atoms with E-state index in [2.05, 4.69) is 0 Å². The number of carboxylic acid groups (broad SMARTS) is 1. The zero-order valence-corrected chi connectivity index (χ0v) is 11.9. The highest BCUT2D eigenvalue weighted by Gasteiger charge is 2.44. The summed E-state index contributed by atoms with van der Waals surface area (Å²) in [6.45, 7) is 2.48. The average molecular weight is 276 g/mol. The Bertz CT molecular complexity index is 503. The van der Waals surface area contributed by atoms with Crippen molar-refractivity contribution >= 4 is 17.6 Å². The first-order valence-electron chi connectivity index (χ1n) is 6.75. The number of rotatable bonds is 4. The quantitative estimate of drug-likeness (QED) is 0.907. The average Bonchev–Trinajstić information content (AvgIpc) is 2.81. The lowest BCUT2D eigenvalue weighted by atomic mass is 9.99. The fourth-order valence-corrected chi connectivity index (χ4v) is 2.58. The van der Waals surface area contributed by atoms with Gasteiger partial charge in [0, 0.05) is 12.7 Å². The van der Waals surface area contributed by atoms with Crippen molar-refractivity contribution in [3.05, 3.63) is 30.3 Å². The Balaban J connectivity index is 2.06. The van der Waals surface area contributed by atoms with Crippen molar-refractivity contribution in [3.8, 4) is 0 Å². The number of carboxylic acids is 1. The molecule has 1 saturated heterocycles. The van der Waals surface area contributed by atoms with Crippen molar-refractivity contribution in [3.63, 3.8) is 0 Å². The number of hydrogen-bond acceptors (Lipinski definition) is 3. The van der Waals surface area contributed by atoms with E-state index in [1.54, 1.807) is 23.8 Å². The van der Waals surface area contributed by atoms with Gasteiger partial charge in [0.05, 0.1) is 6.54 Å². The molecule has 0 aromatic heterocycles. The van der Waals surface area contributed by atoms with Crippen LogP contribution >= 0.6 is 0 Å². The summed E-state index contributed by atoms with van der Waals surface area (Å²) < 4.78 is 0. The number of amides is 1. The highest BCUT2D eigenvalue weighted by atomic mass is 16.4. The van der Waals surface area contributed by atoms with Crippen LogP contribution in [-0.4, -0.2) is 47.6 Å². The van der Waals surface area contributed by atoms with Crippen molar-refractivity contribution in [2.24, 2.45) is 0 Å². The summed E-state index contributed by atoms with van der Waals surface area (Å²) in [6.07, 6.45) is 1.40. The molecule has 1 atom stereocenters. The van der Waals surface area contributed by atoms with Gasteiger partial charge in [-0.2, -0.15) is 0 Å². The molecule has 1 N–H and O–H groups in total. The van der Waals surface area contributed by atoms with Crippen molar-refractivity contribution in [2.75, 3.05) is 25.0 Å². The van der Waals surface area contributed by atoms with Crippen molar-refractivity contribution in [1.82, 2.24) is 4.90 Å². The molecular weight excluding hydrogens is 256 g/mol. The molecule has 5 heteroatoms. The summed E-state index contributed by atoms with van der Waals surface area (Å²) in [6, 6.07) is 9.35. The monoisotopic (exact) mass is 276 g/mol. The molecule has 1 aromatic carbocycles. The fraction of sp³-hybridized carbons (Fsp3) is 0.467. The Morgan fingerprint density at radius 3 is 2.60 bits per heavy atom. The lowest BCUT2D eigenvalue weighted by molar-refractivity contribution is -0.149. The minimum Gasteiger partial charge on any atom is -0.480 e. The number of likely N-dealkylation sites (tertiary alicyclic amines) is 1. The maximum absolute atomic E-state index is 12.3. The Labute approximate surface area is 118 Å². The van der Waals surface area contributed by atoms with Gasteiger partial charge >= 0.3 is 5.97 Å². The molecule has 1 unspecified atom stereocenters. The highest BCUT2D eigenvalue weighted by molar-refractivity contribution is 5.94. The Kier molecular flexibility index (Phi) is 4.09. The van der Waals surface area contributed by atoms with Gasteiger partial charge in [-0.3, -0.25) is 14.5 Å². The van der Waals surface area contributed by atoms with Crippen LogP contribution in [0.25, 0.3) is 0 Å². The zero-order valence-electron chi connectivity index (χ0n) is 11.9. The molecule has 0 spiro atoms. The third-order valence-corrected chi connectivity index (χ3v) is 4.09. The lowest BCUT2D eigenvalue weighted by Crippen LogP contribution is -2.51. The van der Waals surface area contributed by atoms with E-state index < -0.39 is 11.5 Å². The van der Waals surface area contributed by atoms with E-state index in [4.69, 9.17) is 0 Å². The van der Waals surface area contributed by atoms with Crippen LogP contribution in [0.1, 0.15) is 19.8 Å². The van der Waals surface area contributed by atoms with Gasteiger partial charge in [-0.25, -0.2) is 0 Å². The second-order valence-corrected chi connectivity index (χ2v) is 5.39. The van der Waals surface area contributed by atoms with Gasteiger partial charge in [0.1, 0.15) is 5.54 Å². The van der Waals surface area contributed by atoms with Gasteiger partial charge in [0.2, 0.25) is 5.91 Å². The predicted molar refractivity (Wildman–Crippen MR) is 76.7 cm³/mol. The molecule has 1 aliphatic rings. The van der Waals surface area contributed by atoms with E-state index >= 15 is 0 Å². The fourth-order valence-electron chi connectivity index (χ4n) is 2.58. The van der Waals surface area contributed by atoms with Crippen molar-refractivity contribution in [1.29, 1.82) is 0 Å². The van der Waals surface area contributed by atoms with Crippen LogP contribution in [0.5, 0.6) is 0 Å². The second-order valence-electron chi connectivity index (χ2n) is 5.39. The predicted octanol–water partition coefficient (Wildman–Crippen LogP) is 1.59. The molecule has 1 heterocycles. The summed E-state index contributed by atoms with van der Waals surface area (Å²) in [5.74, 6) is -0.948. The Morgan fingerprint density at radius 2 is 2.00 bits per heavy atom. The third-order valence-electron chi connectivity index (χ3n) is 4.09. The van der Waals surface area contributed by atoms with E-state index in [0.717, 1.165) is 12.1 Å². The zero-order chi connectivity index (χ0) is 14.8. The summed E-state index contributed by atoms with van der Waals surface area (Å²) >= 11 is 0. The summed E-state index contributed by atoms with van der Waals surface area (Å²) in [5, 5.41) is 9.34. The molecule has 2 rings (SSSR count). The molecule has 20 heavy (non-hydrogen) atoms. The van der Waals surface area contributed by atoms with Gasteiger partial charge in [-0.15, -0.1) is 0 Å². The first kappa shape index (κ1) is 14.5. The topological polar surface area (TPSA) is 60.9 Å². The summed E-state index contributed by atoms with van der Waals surface area (Å²) in [7, 11) is 1.71. The first-order chi connectivity index (χ1) is 9.45. The molecule has 108 valence electrons. The maximum Gasteiger partial charge on any atom is 0.323 e. The number of benzene rings is 1. The van der Waals surface area contributed by atoms with E-state index in [1.165, 1.54) is 0 Å². The molecule has 1 amide bonds. The van der Waals surface area contributed by atoms with E-state index in [1.807, 2.05) is 30.3 Å². The second kappa shape index (κ2) is 5.63. The van der Waals surface area contributed by atoms with Crippen LogP contribution in [0, 0.1) is 0 Å². The van der Waals surface area contributed by atoms with Crippen molar-refractivity contribution < 1.29 is 14.7 Å². The van der Waals surface area contributed by atoms with Gasteiger partial charge in [0.15, 0.2) is 0 Å². The maximum atomic E-state index is 12.3. The molecule has 1 fully saturated rings. The van der Waals surface area contributed by atoms with Crippen molar-refractivity contribution in [2.45, 2.75) is 25.3 Å². The lowest BCUT2D eigenvalue weighted by Gasteiger charge is -2.31. The number of hydrogen-bond donors (Lipinski definition) is 1. The molecule has 1 aromatic rings. The molecular formula is C15H20N2O3. The molecule has 0 bridgehead atoms. The number of nitrogens with zero attached hydrogens (tertiary/aromatic N) is 2. The van der Waals surface area contributed by atoms with E-state index in [-0.39, 0.29) is 12.5 Å². The van der Waals surface area contributed by atoms with Gasteiger partial charge in [-0.05, 0) is 38.4 Å². The number of aliphatic carboxylic acids is 1. The normalized spacial score (nSPS) is 22.7. The standard InChI is InChI=1S/C15H20N2O3/c1-15(14(19)20)9-6-10-17(15)11-13(18)16(2)12-7-4-3-5-8-12/h3-5,7-8H,6,9-11H2,1-2H3,(H,19,20). The smallest absolute Gasteiger partial charge is 0.323 e. The van der Waals surface area contributed by atoms with Crippen LogP contribution < -0.4 is 4.90 Å². The number of anilines is 1. The summed E-state index contributed by atoms with van der Waals surface area (Å²) in [4.78, 5) is 27.0. The molecule has 0 radical (unpaired) electrons. The highest BCUT2D eigenvalue weighted by Crippen LogP contribution is 2.29. The minimum absolute atomic E-state index is 0.0921. The molecule has 5 nitrogen and oxygen atoms in total. The van der Waals surface area contributed by atoms with Crippen LogP contribution in [0.15, 0.2) is 30.3 Å². The van der Waals surface area contributed by atoms with Crippen LogP contribution in [-0.2, 0) is 9.59 Å². The summed E-state index contributed by atoms with van der Waals surface area (Å²) in [5.41, 5.74) is -0.110. The van der Waals surface area contributed by atoms with Gasteiger partial charge in [-0.1, -0.05) is 18.2 Å². The number of carbonyl (C=O) groups is 2. The molecule has 1 aliphatic heterocycles.